The molecule has 0 spiro atoms. The van der Waals surface area contributed by atoms with Crippen molar-refractivity contribution in [3.05, 3.63) is 71.0 Å². The van der Waals surface area contributed by atoms with Crippen LogP contribution >= 0.6 is 0 Å². The summed E-state index contributed by atoms with van der Waals surface area (Å²) in [5, 5.41) is 4.63. The fourth-order valence-corrected chi connectivity index (χ4v) is 3.92. The molecule has 1 aliphatic heterocycles. The number of piperazine rings is 1. The highest BCUT2D eigenvalue weighted by molar-refractivity contribution is 5.87. The molecule has 4 aromatic rings. The number of nitrogens with zero attached hydrogens (tertiary/aromatic N) is 3. The molecule has 0 aliphatic carbocycles. The summed E-state index contributed by atoms with van der Waals surface area (Å²) < 4.78 is 14.7. The molecule has 4 N–H and O–H groups in total. The van der Waals surface area contributed by atoms with Gasteiger partial charge in [-0.2, -0.15) is 9.37 Å². The minimum atomic E-state index is -0.714. The highest BCUT2D eigenvalue weighted by atomic mass is 19.1. The van der Waals surface area contributed by atoms with Gasteiger partial charge in [0.1, 0.15) is 11.4 Å². The standard InChI is InChI=1S/C23H21FN6O/c24-21-19(14-1-4-17(5-2-14)30-11-9-26-10-12-30)28-20(22(25)29-21)16-3-6-18-15(13-16)7-8-27-23(18)31/h1-8,13,26H,9-12H2,(H2,25,29)(H,27,31). The summed E-state index contributed by atoms with van der Waals surface area (Å²) in [6.07, 6.45) is 1.58. The summed E-state index contributed by atoms with van der Waals surface area (Å²) in [4.78, 5) is 25.3. The van der Waals surface area contributed by atoms with Crippen molar-refractivity contribution in [1.29, 1.82) is 0 Å². The molecule has 1 saturated heterocycles. The number of H-pyrrole nitrogens is 1. The zero-order valence-corrected chi connectivity index (χ0v) is 16.7. The number of anilines is 2. The zero-order valence-electron chi connectivity index (χ0n) is 16.7. The highest BCUT2D eigenvalue weighted by Crippen LogP contribution is 2.30. The molecule has 0 saturated carbocycles. The lowest BCUT2D eigenvalue weighted by Gasteiger charge is -2.29. The first-order valence-electron chi connectivity index (χ1n) is 10.1. The van der Waals surface area contributed by atoms with Gasteiger partial charge in [-0.05, 0) is 35.7 Å². The van der Waals surface area contributed by atoms with Crippen LogP contribution in [0.25, 0.3) is 33.3 Å². The zero-order chi connectivity index (χ0) is 21.4. The van der Waals surface area contributed by atoms with Gasteiger partial charge in [-0.15, -0.1) is 0 Å². The molecular weight excluding hydrogens is 395 g/mol. The van der Waals surface area contributed by atoms with Gasteiger partial charge < -0.3 is 20.9 Å². The Bertz CT molecular complexity index is 1310. The van der Waals surface area contributed by atoms with Crippen LogP contribution in [0.5, 0.6) is 0 Å². The molecule has 8 heteroatoms. The number of aromatic nitrogens is 3. The fraction of sp³-hybridized carbons (Fsp3) is 0.174. The van der Waals surface area contributed by atoms with E-state index in [4.69, 9.17) is 5.73 Å². The van der Waals surface area contributed by atoms with Crippen LogP contribution in [0.3, 0.4) is 0 Å². The van der Waals surface area contributed by atoms with E-state index in [9.17, 15) is 9.18 Å². The van der Waals surface area contributed by atoms with Crippen LogP contribution in [0.1, 0.15) is 0 Å². The van der Waals surface area contributed by atoms with Crippen LogP contribution < -0.4 is 21.5 Å². The summed E-state index contributed by atoms with van der Waals surface area (Å²) in [6.45, 7) is 3.76. The summed E-state index contributed by atoms with van der Waals surface area (Å²) >= 11 is 0. The summed E-state index contributed by atoms with van der Waals surface area (Å²) in [5.74, 6) is -0.712. The molecule has 0 unspecified atom stereocenters. The molecule has 156 valence electrons. The van der Waals surface area contributed by atoms with Crippen LogP contribution in [0.2, 0.25) is 0 Å². The Morgan fingerprint density at radius 1 is 0.935 bits per heavy atom. The molecule has 0 bridgehead atoms. The van der Waals surface area contributed by atoms with Gasteiger partial charge >= 0.3 is 0 Å². The summed E-state index contributed by atoms with van der Waals surface area (Å²) in [6, 6.07) is 14.7. The van der Waals surface area contributed by atoms with Crippen LogP contribution in [0.15, 0.2) is 59.5 Å². The Balaban J connectivity index is 1.54. The number of hydrogen-bond donors (Lipinski definition) is 3. The molecule has 0 atom stereocenters. The van der Waals surface area contributed by atoms with Crippen molar-refractivity contribution < 1.29 is 4.39 Å². The van der Waals surface area contributed by atoms with Gasteiger partial charge in [-0.25, -0.2) is 4.98 Å². The maximum Gasteiger partial charge on any atom is 0.255 e. The summed E-state index contributed by atoms with van der Waals surface area (Å²) in [5.41, 5.74) is 8.74. The Hall–Kier alpha value is -3.78. The number of hydrogen-bond acceptors (Lipinski definition) is 6. The fourth-order valence-electron chi connectivity index (χ4n) is 3.92. The first kappa shape index (κ1) is 19.2. The second-order valence-corrected chi connectivity index (χ2v) is 7.49. The smallest absolute Gasteiger partial charge is 0.255 e. The average molecular weight is 416 g/mol. The first-order chi connectivity index (χ1) is 15.1. The lowest BCUT2D eigenvalue weighted by Crippen LogP contribution is -2.43. The number of nitrogen functional groups attached to an aromatic ring is 1. The second kappa shape index (κ2) is 7.81. The number of nitrogens with two attached hydrogens (primary N) is 1. The van der Waals surface area contributed by atoms with Crippen molar-refractivity contribution in [3.63, 3.8) is 0 Å². The molecular formula is C23H21FN6O. The van der Waals surface area contributed by atoms with Crippen molar-refractivity contribution in [2.45, 2.75) is 0 Å². The number of benzene rings is 2. The molecule has 0 amide bonds. The first-order valence-corrected chi connectivity index (χ1v) is 10.1. The van der Waals surface area contributed by atoms with Crippen LogP contribution in [-0.4, -0.2) is 41.1 Å². The van der Waals surface area contributed by atoms with E-state index in [1.165, 1.54) is 0 Å². The number of halogens is 1. The lowest BCUT2D eigenvalue weighted by atomic mass is 10.1. The maximum atomic E-state index is 14.7. The van der Waals surface area contributed by atoms with E-state index < -0.39 is 5.95 Å². The Labute approximate surface area is 177 Å². The predicted octanol–water partition coefficient (Wildman–Crippen LogP) is 2.78. The molecule has 2 aromatic heterocycles. The van der Waals surface area contributed by atoms with E-state index in [1.54, 1.807) is 30.5 Å². The van der Waals surface area contributed by atoms with Gasteiger partial charge in [0.05, 0.1) is 0 Å². The van der Waals surface area contributed by atoms with Gasteiger partial charge in [0, 0.05) is 54.6 Å². The molecule has 31 heavy (non-hydrogen) atoms. The number of nitrogens with one attached hydrogen (secondary N) is 2. The largest absolute Gasteiger partial charge is 0.382 e. The van der Waals surface area contributed by atoms with Gasteiger partial charge in [0.25, 0.3) is 5.56 Å². The maximum absolute atomic E-state index is 14.7. The van der Waals surface area contributed by atoms with E-state index in [1.807, 2.05) is 24.3 Å². The molecule has 1 fully saturated rings. The molecule has 0 radical (unpaired) electrons. The SMILES string of the molecule is Nc1nc(F)c(-c2ccc(N3CCNCC3)cc2)nc1-c1ccc2c(=O)[nH]ccc2c1. The van der Waals surface area contributed by atoms with E-state index >= 15 is 0 Å². The van der Waals surface area contributed by atoms with Crippen molar-refractivity contribution in [2.75, 3.05) is 36.8 Å². The molecule has 1 aliphatic rings. The Kier molecular flexibility index (Phi) is 4.83. The van der Waals surface area contributed by atoms with Gasteiger partial charge in [0.15, 0.2) is 5.82 Å². The predicted molar refractivity (Wildman–Crippen MR) is 120 cm³/mol. The highest BCUT2D eigenvalue weighted by Gasteiger charge is 2.17. The van der Waals surface area contributed by atoms with Crippen LogP contribution in [0, 0.1) is 5.95 Å². The van der Waals surface area contributed by atoms with Crippen molar-refractivity contribution in [1.82, 2.24) is 20.3 Å². The number of aromatic amines is 1. The van der Waals surface area contributed by atoms with E-state index in [-0.39, 0.29) is 17.1 Å². The third-order valence-corrected chi connectivity index (χ3v) is 5.55. The normalized spacial score (nSPS) is 14.2. The topological polar surface area (TPSA) is 99.9 Å². The molecule has 3 heterocycles. The second-order valence-electron chi connectivity index (χ2n) is 7.49. The number of rotatable bonds is 3. The van der Waals surface area contributed by atoms with Crippen molar-refractivity contribution >= 4 is 22.3 Å². The van der Waals surface area contributed by atoms with Gasteiger partial charge in [0.2, 0.25) is 5.95 Å². The monoisotopic (exact) mass is 416 g/mol. The summed E-state index contributed by atoms with van der Waals surface area (Å²) in [7, 11) is 0. The quantitative estimate of drug-likeness (QED) is 0.475. The molecule has 2 aromatic carbocycles. The minimum Gasteiger partial charge on any atom is -0.382 e. The van der Waals surface area contributed by atoms with Crippen LogP contribution in [-0.2, 0) is 0 Å². The van der Waals surface area contributed by atoms with Gasteiger partial charge in [-0.3, -0.25) is 4.79 Å². The van der Waals surface area contributed by atoms with E-state index in [0.717, 1.165) is 37.3 Å². The van der Waals surface area contributed by atoms with Crippen molar-refractivity contribution in [3.8, 4) is 22.5 Å². The lowest BCUT2D eigenvalue weighted by molar-refractivity contribution is 0.584. The van der Waals surface area contributed by atoms with E-state index in [0.29, 0.717) is 22.2 Å². The Morgan fingerprint density at radius 2 is 1.68 bits per heavy atom. The third kappa shape index (κ3) is 3.62. The molecule has 7 nitrogen and oxygen atoms in total. The molecule has 5 rings (SSSR count). The Morgan fingerprint density at radius 3 is 2.45 bits per heavy atom. The minimum absolute atomic E-state index is 0.00266. The average Bonchev–Trinajstić information content (AvgIpc) is 2.80. The van der Waals surface area contributed by atoms with E-state index in [2.05, 4.69) is 25.2 Å². The van der Waals surface area contributed by atoms with Gasteiger partial charge in [-0.1, -0.05) is 18.2 Å². The third-order valence-electron chi connectivity index (χ3n) is 5.55. The van der Waals surface area contributed by atoms with Crippen molar-refractivity contribution in [2.24, 2.45) is 0 Å². The number of fused-ring (bicyclic) bond motifs is 1. The van der Waals surface area contributed by atoms with Crippen LogP contribution in [0.4, 0.5) is 15.9 Å². The number of pyridine rings is 1.